The van der Waals surface area contributed by atoms with Gasteiger partial charge in [-0.3, -0.25) is 0 Å². The second-order valence-corrected chi connectivity index (χ2v) is 3.45. The maximum absolute atomic E-state index is 8.86. The van der Waals surface area contributed by atoms with Crippen LogP contribution in [0.5, 0.6) is 5.75 Å². The quantitative estimate of drug-likeness (QED) is 0.807. The molecule has 0 unspecified atom stereocenters. The molecule has 0 fully saturated rings. The standard InChI is InChI=1S/C13H12N3O/c1-17-13-11(8-5-9-12(13)16-14)15-10-6-3-2-4-7-10/h2-9,15H,1H3/q+1. The molecule has 84 valence electrons. The predicted molar refractivity (Wildman–Crippen MR) is 67.5 cm³/mol. The van der Waals surface area contributed by atoms with E-state index >= 15 is 0 Å². The lowest BCUT2D eigenvalue weighted by molar-refractivity contribution is 0.419. The van der Waals surface area contributed by atoms with Crippen LogP contribution in [0.15, 0.2) is 48.5 Å². The van der Waals surface area contributed by atoms with Crippen LogP contribution in [0.1, 0.15) is 0 Å². The van der Waals surface area contributed by atoms with Gasteiger partial charge in [-0.25, -0.2) is 0 Å². The summed E-state index contributed by atoms with van der Waals surface area (Å²) in [5, 5.41) is 12.1. The summed E-state index contributed by atoms with van der Waals surface area (Å²) in [4.78, 5) is 3.18. The number of ether oxygens (including phenoxy) is 1. The highest BCUT2D eigenvalue weighted by Gasteiger charge is 2.18. The summed E-state index contributed by atoms with van der Waals surface area (Å²) >= 11 is 0. The first-order valence-corrected chi connectivity index (χ1v) is 5.19. The van der Waals surface area contributed by atoms with E-state index in [1.165, 1.54) is 0 Å². The molecule has 0 aliphatic rings. The number of diazo groups is 1. The molecule has 2 aromatic carbocycles. The smallest absolute Gasteiger partial charge is 0.428 e. The van der Waals surface area contributed by atoms with E-state index in [0.29, 0.717) is 11.4 Å². The summed E-state index contributed by atoms with van der Waals surface area (Å²) < 4.78 is 5.22. The molecule has 0 heterocycles. The third-order valence-corrected chi connectivity index (χ3v) is 2.36. The summed E-state index contributed by atoms with van der Waals surface area (Å²) in [5.74, 6) is 0.513. The Bertz CT molecular complexity index is 546. The molecule has 0 aromatic heterocycles. The van der Waals surface area contributed by atoms with E-state index in [4.69, 9.17) is 10.1 Å². The highest BCUT2D eigenvalue weighted by molar-refractivity contribution is 5.75. The molecule has 4 nitrogen and oxygen atoms in total. The Morgan fingerprint density at radius 2 is 1.82 bits per heavy atom. The van der Waals surface area contributed by atoms with Crippen molar-refractivity contribution in [2.45, 2.75) is 0 Å². The molecular weight excluding hydrogens is 214 g/mol. The van der Waals surface area contributed by atoms with Gasteiger partial charge in [0.25, 0.3) is 0 Å². The number of rotatable bonds is 3. The largest absolute Gasteiger partial charge is 0.488 e. The van der Waals surface area contributed by atoms with E-state index in [1.54, 1.807) is 19.2 Å². The van der Waals surface area contributed by atoms with Crippen LogP contribution in [0, 0.1) is 5.39 Å². The second-order valence-electron chi connectivity index (χ2n) is 3.45. The SMILES string of the molecule is COc1c([N+]#N)cccc1Nc1ccccc1. The predicted octanol–water partition coefficient (Wildman–Crippen LogP) is 3.92. The topological polar surface area (TPSA) is 49.4 Å². The Labute approximate surface area is 99.5 Å². The zero-order valence-corrected chi connectivity index (χ0v) is 9.42. The molecular formula is C13H12N3O+. The van der Waals surface area contributed by atoms with Crippen molar-refractivity contribution in [1.82, 2.24) is 0 Å². The minimum atomic E-state index is 0.397. The van der Waals surface area contributed by atoms with Crippen molar-refractivity contribution in [1.29, 1.82) is 5.39 Å². The van der Waals surface area contributed by atoms with Crippen molar-refractivity contribution in [2.75, 3.05) is 12.4 Å². The van der Waals surface area contributed by atoms with Crippen LogP contribution >= 0.6 is 0 Å². The number of para-hydroxylation sites is 2. The molecule has 1 N–H and O–H groups in total. The second kappa shape index (κ2) is 4.99. The van der Waals surface area contributed by atoms with Crippen LogP contribution in [-0.2, 0) is 0 Å². The van der Waals surface area contributed by atoms with Crippen molar-refractivity contribution in [2.24, 2.45) is 0 Å². The Morgan fingerprint density at radius 3 is 2.47 bits per heavy atom. The fourth-order valence-electron chi connectivity index (χ4n) is 1.59. The molecule has 0 aliphatic heterocycles. The van der Waals surface area contributed by atoms with Gasteiger partial charge in [-0.05, 0) is 18.2 Å². The summed E-state index contributed by atoms with van der Waals surface area (Å²) in [6, 6.07) is 15.1. The van der Waals surface area contributed by atoms with E-state index in [2.05, 4.69) is 10.3 Å². The van der Waals surface area contributed by atoms with E-state index < -0.39 is 0 Å². The molecule has 0 saturated heterocycles. The molecule has 0 atom stereocenters. The summed E-state index contributed by atoms with van der Waals surface area (Å²) in [5.41, 5.74) is 2.10. The van der Waals surface area contributed by atoms with Crippen LogP contribution in [-0.4, -0.2) is 7.11 Å². The fraction of sp³-hybridized carbons (Fsp3) is 0.0769. The average Bonchev–Trinajstić information content (AvgIpc) is 2.39. The zero-order chi connectivity index (χ0) is 12.1. The van der Waals surface area contributed by atoms with Gasteiger partial charge in [0.1, 0.15) is 0 Å². The monoisotopic (exact) mass is 226 g/mol. The van der Waals surface area contributed by atoms with Crippen LogP contribution in [0.4, 0.5) is 17.1 Å². The summed E-state index contributed by atoms with van der Waals surface area (Å²) in [6.07, 6.45) is 0. The third-order valence-electron chi connectivity index (χ3n) is 2.36. The normalized spacial score (nSPS) is 9.41. The molecule has 2 aromatic rings. The van der Waals surface area contributed by atoms with Crippen molar-refractivity contribution < 1.29 is 4.74 Å². The average molecular weight is 226 g/mol. The van der Waals surface area contributed by atoms with Crippen LogP contribution in [0.25, 0.3) is 4.98 Å². The van der Waals surface area contributed by atoms with Gasteiger partial charge in [-0.2, -0.15) is 0 Å². The minimum absolute atomic E-state index is 0.397. The first kappa shape index (κ1) is 11.0. The van der Waals surface area contributed by atoms with Gasteiger partial charge < -0.3 is 10.1 Å². The molecule has 4 heteroatoms. The van der Waals surface area contributed by atoms with E-state index in [9.17, 15) is 0 Å². The van der Waals surface area contributed by atoms with Gasteiger partial charge in [-0.15, -0.1) is 0 Å². The Hall–Kier alpha value is -2.54. The van der Waals surface area contributed by atoms with E-state index in [-0.39, 0.29) is 0 Å². The Morgan fingerprint density at radius 1 is 1.06 bits per heavy atom. The summed E-state index contributed by atoms with van der Waals surface area (Å²) in [7, 11) is 1.54. The van der Waals surface area contributed by atoms with Gasteiger partial charge in [0, 0.05) is 11.8 Å². The lowest BCUT2D eigenvalue weighted by Crippen LogP contribution is -1.94. The first-order valence-electron chi connectivity index (χ1n) is 5.19. The van der Waals surface area contributed by atoms with Crippen molar-refractivity contribution >= 4 is 17.1 Å². The summed E-state index contributed by atoms with van der Waals surface area (Å²) in [6.45, 7) is 0. The number of anilines is 2. The number of nitrogens with one attached hydrogen (secondary N) is 1. The molecule has 0 bridgehead atoms. The van der Waals surface area contributed by atoms with Gasteiger partial charge in [0.2, 0.25) is 11.1 Å². The van der Waals surface area contributed by atoms with Gasteiger partial charge in [0.15, 0.2) is 4.98 Å². The lowest BCUT2D eigenvalue weighted by Gasteiger charge is -2.08. The van der Waals surface area contributed by atoms with Crippen molar-refractivity contribution in [3.63, 3.8) is 0 Å². The minimum Gasteiger partial charge on any atom is -0.488 e. The molecule has 0 spiro atoms. The molecule has 0 amide bonds. The van der Waals surface area contributed by atoms with Crippen LogP contribution < -0.4 is 10.1 Å². The number of methoxy groups -OCH3 is 1. The molecule has 0 saturated carbocycles. The van der Waals surface area contributed by atoms with Crippen molar-refractivity contribution in [3.05, 3.63) is 53.5 Å². The molecule has 0 radical (unpaired) electrons. The number of hydrogen-bond acceptors (Lipinski definition) is 3. The van der Waals surface area contributed by atoms with Crippen molar-refractivity contribution in [3.8, 4) is 5.75 Å². The number of benzene rings is 2. The van der Waals surface area contributed by atoms with Crippen LogP contribution in [0.3, 0.4) is 0 Å². The Kier molecular flexibility index (Phi) is 3.22. The van der Waals surface area contributed by atoms with E-state index in [1.807, 2.05) is 36.4 Å². The zero-order valence-electron chi connectivity index (χ0n) is 9.42. The van der Waals surface area contributed by atoms with Gasteiger partial charge in [0.05, 0.1) is 12.8 Å². The fourth-order valence-corrected chi connectivity index (χ4v) is 1.59. The van der Waals surface area contributed by atoms with Gasteiger partial charge in [-0.1, -0.05) is 24.3 Å². The first-order chi connectivity index (χ1) is 8.35. The maximum Gasteiger partial charge on any atom is 0.428 e. The van der Waals surface area contributed by atoms with E-state index in [0.717, 1.165) is 11.4 Å². The number of nitrogens with zero attached hydrogens (tertiary/aromatic N) is 2. The maximum atomic E-state index is 8.86. The number of hydrogen-bond donors (Lipinski definition) is 1. The molecule has 17 heavy (non-hydrogen) atoms. The lowest BCUT2D eigenvalue weighted by atomic mass is 10.2. The molecule has 2 rings (SSSR count). The Balaban J connectivity index is 2.37. The van der Waals surface area contributed by atoms with Crippen LogP contribution in [0.2, 0.25) is 0 Å². The highest BCUT2D eigenvalue weighted by Crippen LogP contribution is 2.36. The third kappa shape index (κ3) is 2.34. The highest BCUT2D eigenvalue weighted by atomic mass is 16.5. The molecule has 0 aliphatic carbocycles. The van der Waals surface area contributed by atoms with Gasteiger partial charge >= 0.3 is 5.69 Å².